The van der Waals surface area contributed by atoms with Gasteiger partial charge in [-0.15, -0.1) is 12.4 Å². The van der Waals surface area contributed by atoms with Gasteiger partial charge >= 0.3 is 5.97 Å². The summed E-state index contributed by atoms with van der Waals surface area (Å²) in [5, 5.41) is 12.9. The molecular formula is C19H15ClFN3O2. The highest BCUT2D eigenvalue weighted by molar-refractivity contribution is 5.96. The van der Waals surface area contributed by atoms with E-state index in [9.17, 15) is 14.4 Å². The number of carbonyl (C=O) groups is 1. The van der Waals surface area contributed by atoms with Crippen LogP contribution in [0.15, 0.2) is 48.7 Å². The maximum atomic E-state index is 13.6. The van der Waals surface area contributed by atoms with Gasteiger partial charge in [0.2, 0.25) is 0 Å². The van der Waals surface area contributed by atoms with Gasteiger partial charge in [0, 0.05) is 17.3 Å². The average Bonchev–Trinajstić information content (AvgIpc) is 2.63. The maximum absolute atomic E-state index is 13.6. The molecule has 0 radical (unpaired) electrons. The van der Waals surface area contributed by atoms with Gasteiger partial charge < -0.3 is 10.1 Å². The lowest BCUT2D eigenvalue weighted by Crippen LogP contribution is -2.04. The number of esters is 1. The highest BCUT2D eigenvalue weighted by Gasteiger charge is 2.11. The van der Waals surface area contributed by atoms with E-state index in [4.69, 9.17) is 4.74 Å². The number of ether oxygens (including phenoxy) is 1. The summed E-state index contributed by atoms with van der Waals surface area (Å²) in [6.07, 6.45) is 1.44. The van der Waals surface area contributed by atoms with Gasteiger partial charge in [0.1, 0.15) is 11.9 Å². The van der Waals surface area contributed by atoms with Crippen LogP contribution in [-0.2, 0) is 4.74 Å². The first-order valence-electron chi connectivity index (χ1n) is 7.65. The molecule has 0 spiro atoms. The molecule has 1 aromatic heterocycles. The van der Waals surface area contributed by atoms with E-state index >= 15 is 0 Å². The normalized spacial score (nSPS) is 9.88. The van der Waals surface area contributed by atoms with Gasteiger partial charge in [-0.3, -0.25) is 4.98 Å². The number of halogens is 2. The number of aromatic nitrogens is 1. The standard InChI is InChI=1S/C19H14FN3O2.ClH/c1-2-25-19(24)12-3-6-15(7-4-12)23-18-13(10-21)11-22-17-8-5-14(20)9-16(17)18;/h3-9,11H,2H2,1H3,(H,22,23);1H. The number of nitriles is 1. The Morgan fingerprint density at radius 1 is 1.27 bits per heavy atom. The van der Waals surface area contributed by atoms with Crippen molar-refractivity contribution in [2.24, 2.45) is 0 Å². The van der Waals surface area contributed by atoms with Gasteiger partial charge in [-0.25, -0.2) is 9.18 Å². The van der Waals surface area contributed by atoms with Gasteiger partial charge in [-0.05, 0) is 49.4 Å². The zero-order valence-electron chi connectivity index (χ0n) is 13.8. The molecule has 0 aliphatic rings. The highest BCUT2D eigenvalue weighted by Crippen LogP contribution is 2.29. The van der Waals surface area contributed by atoms with E-state index in [0.717, 1.165) is 0 Å². The third-order valence-electron chi connectivity index (χ3n) is 3.62. The molecule has 132 valence electrons. The van der Waals surface area contributed by atoms with Crippen molar-refractivity contribution in [1.82, 2.24) is 4.98 Å². The van der Waals surface area contributed by atoms with Crippen LogP contribution >= 0.6 is 12.4 Å². The molecule has 0 saturated carbocycles. The molecule has 5 nitrogen and oxygen atoms in total. The number of pyridine rings is 1. The summed E-state index contributed by atoms with van der Waals surface area (Å²) in [7, 11) is 0. The van der Waals surface area contributed by atoms with E-state index in [1.54, 1.807) is 37.3 Å². The minimum absolute atomic E-state index is 0. The van der Waals surface area contributed by atoms with Crippen molar-refractivity contribution in [3.8, 4) is 6.07 Å². The fourth-order valence-corrected chi connectivity index (χ4v) is 2.43. The molecule has 2 aromatic carbocycles. The van der Waals surface area contributed by atoms with Crippen LogP contribution in [0.5, 0.6) is 0 Å². The van der Waals surface area contributed by atoms with Crippen molar-refractivity contribution in [1.29, 1.82) is 5.26 Å². The largest absolute Gasteiger partial charge is 0.462 e. The molecule has 3 aromatic rings. The van der Waals surface area contributed by atoms with E-state index in [1.807, 2.05) is 0 Å². The second kappa shape index (κ2) is 8.28. The van der Waals surface area contributed by atoms with Gasteiger partial charge in [0.15, 0.2) is 0 Å². The molecule has 0 aliphatic carbocycles. The summed E-state index contributed by atoms with van der Waals surface area (Å²) in [4.78, 5) is 15.9. The lowest BCUT2D eigenvalue weighted by Gasteiger charge is -2.12. The Hall–Kier alpha value is -3.17. The molecule has 0 atom stereocenters. The van der Waals surface area contributed by atoms with Crippen molar-refractivity contribution < 1.29 is 13.9 Å². The number of anilines is 2. The van der Waals surface area contributed by atoms with Gasteiger partial charge in [0.05, 0.1) is 28.9 Å². The Kier molecular flexibility index (Phi) is 6.10. The van der Waals surface area contributed by atoms with E-state index in [-0.39, 0.29) is 12.4 Å². The van der Waals surface area contributed by atoms with Crippen LogP contribution in [0.25, 0.3) is 10.9 Å². The molecule has 0 aliphatic heterocycles. The second-order valence-corrected chi connectivity index (χ2v) is 5.24. The topological polar surface area (TPSA) is 75.0 Å². The van der Waals surface area contributed by atoms with E-state index < -0.39 is 11.8 Å². The lowest BCUT2D eigenvalue weighted by molar-refractivity contribution is 0.0526. The molecule has 0 unspecified atom stereocenters. The Balaban J connectivity index is 0.00000243. The molecule has 3 rings (SSSR count). The van der Waals surface area contributed by atoms with E-state index in [2.05, 4.69) is 16.4 Å². The number of nitrogens with one attached hydrogen (secondary N) is 1. The average molecular weight is 372 g/mol. The van der Waals surface area contributed by atoms with Crippen molar-refractivity contribution in [3.05, 3.63) is 65.6 Å². The van der Waals surface area contributed by atoms with Crippen LogP contribution in [0.4, 0.5) is 15.8 Å². The number of carbonyl (C=O) groups excluding carboxylic acids is 1. The van der Waals surface area contributed by atoms with Crippen LogP contribution in [0.2, 0.25) is 0 Å². The molecule has 26 heavy (non-hydrogen) atoms. The quantitative estimate of drug-likeness (QED) is 0.679. The summed E-state index contributed by atoms with van der Waals surface area (Å²) in [6, 6.07) is 12.9. The number of fused-ring (bicyclic) bond motifs is 1. The Bertz CT molecular complexity index is 984. The summed E-state index contributed by atoms with van der Waals surface area (Å²) >= 11 is 0. The molecule has 0 bridgehead atoms. The van der Waals surface area contributed by atoms with Crippen molar-refractivity contribution >= 4 is 40.7 Å². The Morgan fingerprint density at radius 3 is 2.65 bits per heavy atom. The van der Waals surface area contributed by atoms with Crippen LogP contribution in [0.3, 0.4) is 0 Å². The molecule has 0 amide bonds. The first-order chi connectivity index (χ1) is 12.1. The number of hydrogen-bond acceptors (Lipinski definition) is 5. The van der Waals surface area contributed by atoms with Crippen molar-refractivity contribution in [2.45, 2.75) is 6.92 Å². The lowest BCUT2D eigenvalue weighted by atomic mass is 10.1. The van der Waals surface area contributed by atoms with Crippen molar-refractivity contribution in [2.75, 3.05) is 11.9 Å². The fourth-order valence-electron chi connectivity index (χ4n) is 2.43. The predicted molar refractivity (Wildman–Crippen MR) is 99.3 cm³/mol. The molecule has 7 heteroatoms. The molecule has 0 fully saturated rings. The number of benzene rings is 2. The van der Waals surface area contributed by atoms with Gasteiger partial charge in [0.25, 0.3) is 0 Å². The van der Waals surface area contributed by atoms with Crippen LogP contribution < -0.4 is 5.32 Å². The van der Waals surface area contributed by atoms with Crippen LogP contribution in [0.1, 0.15) is 22.8 Å². The second-order valence-electron chi connectivity index (χ2n) is 5.24. The highest BCUT2D eigenvalue weighted by atomic mass is 35.5. The molecular weight excluding hydrogens is 357 g/mol. The summed E-state index contributed by atoms with van der Waals surface area (Å²) in [5.74, 6) is -0.812. The zero-order chi connectivity index (χ0) is 17.8. The monoisotopic (exact) mass is 371 g/mol. The van der Waals surface area contributed by atoms with Crippen LogP contribution in [-0.4, -0.2) is 17.6 Å². The molecule has 0 saturated heterocycles. The molecule has 1 N–H and O–H groups in total. The summed E-state index contributed by atoms with van der Waals surface area (Å²) in [5.41, 5.74) is 2.43. The smallest absolute Gasteiger partial charge is 0.338 e. The van der Waals surface area contributed by atoms with Gasteiger partial charge in [-0.1, -0.05) is 0 Å². The fraction of sp³-hybridized carbons (Fsp3) is 0.105. The SMILES string of the molecule is CCOC(=O)c1ccc(Nc2c(C#N)cnc3ccc(F)cc23)cc1.Cl. The Labute approximate surface area is 155 Å². The minimum Gasteiger partial charge on any atom is -0.462 e. The zero-order valence-corrected chi connectivity index (χ0v) is 14.6. The Morgan fingerprint density at radius 2 is 2.00 bits per heavy atom. The third-order valence-corrected chi connectivity index (χ3v) is 3.62. The maximum Gasteiger partial charge on any atom is 0.338 e. The first-order valence-corrected chi connectivity index (χ1v) is 7.65. The summed E-state index contributed by atoms with van der Waals surface area (Å²) in [6.45, 7) is 2.05. The van der Waals surface area contributed by atoms with E-state index in [0.29, 0.717) is 40.0 Å². The summed E-state index contributed by atoms with van der Waals surface area (Å²) < 4.78 is 18.6. The first kappa shape index (κ1) is 19.2. The molecule has 1 heterocycles. The third kappa shape index (κ3) is 3.90. The van der Waals surface area contributed by atoms with Crippen molar-refractivity contribution in [3.63, 3.8) is 0 Å². The number of rotatable bonds is 4. The van der Waals surface area contributed by atoms with E-state index in [1.165, 1.54) is 18.3 Å². The number of hydrogen-bond donors (Lipinski definition) is 1. The minimum atomic E-state index is -0.412. The van der Waals surface area contributed by atoms with Crippen LogP contribution in [0, 0.1) is 17.1 Å². The predicted octanol–water partition coefficient (Wildman–Crippen LogP) is 4.59. The number of nitrogens with zero attached hydrogens (tertiary/aromatic N) is 2. The van der Waals surface area contributed by atoms with Gasteiger partial charge in [-0.2, -0.15) is 5.26 Å².